The molecule has 0 N–H and O–H groups in total. The van der Waals surface area contributed by atoms with E-state index in [0.29, 0.717) is 0 Å². The van der Waals surface area contributed by atoms with Crippen molar-refractivity contribution in [1.29, 1.82) is 0 Å². The summed E-state index contributed by atoms with van der Waals surface area (Å²) in [6.45, 7) is 39.9. The summed E-state index contributed by atoms with van der Waals surface area (Å²) in [4.78, 5) is 10.6. The molecular weight excluding hydrogens is 1030 g/mol. The van der Waals surface area contributed by atoms with E-state index in [2.05, 4.69) is 325 Å². The lowest BCUT2D eigenvalue weighted by Crippen LogP contribution is -2.63. The Bertz CT molecular complexity index is 4230. The molecule has 0 amide bonds. The normalized spacial score (nSPS) is 15.7. The monoisotopic (exact) mass is 1110 g/mol. The maximum absolute atomic E-state index is 2.71. The summed E-state index contributed by atoms with van der Waals surface area (Å²) >= 11 is 0. The van der Waals surface area contributed by atoms with Gasteiger partial charge in [0.15, 0.2) is 0 Å². The van der Waals surface area contributed by atoms with Crippen molar-refractivity contribution in [3.8, 4) is 0 Å². The minimum absolute atomic E-state index is 0.0151. The van der Waals surface area contributed by atoms with Gasteiger partial charge < -0.3 is 19.6 Å². The van der Waals surface area contributed by atoms with Gasteiger partial charge >= 0.3 is 0 Å². The molecular formula is C79H82B2N4. The summed E-state index contributed by atoms with van der Waals surface area (Å²) in [6, 6.07) is 74.0. The zero-order valence-corrected chi connectivity index (χ0v) is 53.3. The lowest BCUT2D eigenvalue weighted by molar-refractivity contribution is 0.589. The fourth-order valence-electron chi connectivity index (χ4n) is 14.8. The van der Waals surface area contributed by atoms with Crippen molar-refractivity contribution in [3.63, 3.8) is 0 Å². The maximum Gasteiger partial charge on any atom is 0.252 e. The van der Waals surface area contributed by atoms with Crippen molar-refractivity contribution in [3.05, 3.63) is 233 Å². The SMILES string of the molecule is CC(C)(C)c1ccc(N2c3cc4c(cc3B3C5=C(N(c6ccccc6)c6cc(C(C)(C)C)cc2c63)C(C)(C)c2ccccc25)B2c3ccccc3N(c3ccc(C(C)(C)C)cc3)c3cc(C(C)(C)C)cc(c32)N4c2ccc(C(C)(C)C)cc2)cc1. The Balaban J connectivity index is 1.14. The average Bonchev–Trinajstić information content (AvgIpc) is 1.68. The fourth-order valence-corrected chi connectivity index (χ4v) is 14.8. The molecule has 4 aliphatic heterocycles. The fraction of sp³-hybridized carbons (Fsp3) is 0.291. The molecule has 0 unspecified atom stereocenters. The number of fused-ring (bicyclic) bond motifs is 9. The molecule has 0 saturated carbocycles. The van der Waals surface area contributed by atoms with Crippen LogP contribution in [0.4, 0.5) is 62.6 Å². The highest BCUT2D eigenvalue weighted by Crippen LogP contribution is 2.57. The number of allylic oxidation sites excluding steroid dienone is 1. The van der Waals surface area contributed by atoms with E-state index in [4.69, 9.17) is 0 Å². The third kappa shape index (κ3) is 8.46. The molecule has 9 aromatic rings. The van der Waals surface area contributed by atoms with Gasteiger partial charge in [0.2, 0.25) is 0 Å². The molecule has 4 heterocycles. The van der Waals surface area contributed by atoms with Crippen molar-refractivity contribution in [2.45, 2.75) is 150 Å². The zero-order valence-electron chi connectivity index (χ0n) is 53.3. The Labute approximate surface area is 508 Å². The molecule has 1 aliphatic carbocycles. The van der Waals surface area contributed by atoms with E-state index < -0.39 is 0 Å². The number of hydrogen-bond acceptors (Lipinski definition) is 4. The Morgan fingerprint density at radius 1 is 0.294 bits per heavy atom. The van der Waals surface area contributed by atoms with Crippen molar-refractivity contribution in [2.75, 3.05) is 19.6 Å². The molecule has 0 atom stereocenters. The molecule has 5 aliphatic rings. The first kappa shape index (κ1) is 55.0. The minimum Gasteiger partial charge on any atom is -0.314 e. The van der Waals surface area contributed by atoms with Crippen LogP contribution in [0.15, 0.2) is 194 Å². The predicted octanol–water partition coefficient (Wildman–Crippen LogP) is 18.0. The number of nitrogens with zero attached hydrogens (tertiary/aromatic N) is 4. The topological polar surface area (TPSA) is 13.0 Å². The molecule has 6 heteroatoms. The summed E-state index contributed by atoms with van der Waals surface area (Å²) in [6.07, 6.45) is 0. The van der Waals surface area contributed by atoms with Gasteiger partial charge in [0.05, 0.1) is 0 Å². The minimum atomic E-state index is -0.322. The molecule has 0 spiro atoms. The van der Waals surface area contributed by atoms with Crippen LogP contribution in [0.3, 0.4) is 0 Å². The largest absolute Gasteiger partial charge is 0.314 e. The predicted molar refractivity (Wildman–Crippen MR) is 369 cm³/mol. The summed E-state index contributed by atoms with van der Waals surface area (Å²) in [7, 11) is 0. The molecule has 0 radical (unpaired) electrons. The second kappa shape index (κ2) is 18.5. The molecule has 0 saturated heterocycles. The first-order chi connectivity index (χ1) is 40.1. The van der Waals surface area contributed by atoms with Crippen LogP contribution in [-0.2, 0) is 32.5 Å². The smallest absolute Gasteiger partial charge is 0.252 e. The van der Waals surface area contributed by atoms with Crippen LogP contribution in [0, 0.1) is 0 Å². The Hall–Kier alpha value is -7.95. The molecule has 9 aromatic carbocycles. The highest BCUT2D eigenvalue weighted by Gasteiger charge is 2.54. The van der Waals surface area contributed by atoms with Crippen LogP contribution in [0.2, 0.25) is 0 Å². The number of rotatable bonds is 4. The first-order valence-corrected chi connectivity index (χ1v) is 31.2. The highest BCUT2D eigenvalue weighted by atomic mass is 15.2. The zero-order chi connectivity index (χ0) is 59.8. The van der Waals surface area contributed by atoms with E-state index in [1.807, 2.05) is 0 Å². The molecule has 424 valence electrons. The van der Waals surface area contributed by atoms with Crippen molar-refractivity contribution >= 4 is 109 Å². The van der Waals surface area contributed by atoms with Crippen LogP contribution >= 0.6 is 0 Å². The Morgan fingerprint density at radius 2 is 0.659 bits per heavy atom. The quantitative estimate of drug-likeness (QED) is 0.163. The van der Waals surface area contributed by atoms with Crippen LogP contribution < -0.4 is 46.9 Å². The van der Waals surface area contributed by atoms with Crippen LogP contribution in [0.25, 0.3) is 5.47 Å². The van der Waals surface area contributed by atoms with Gasteiger partial charge in [0, 0.05) is 73.7 Å². The Morgan fingerprint density at radius 3 is 1.12 bits per heavy atom. The number of para-hydroxylation sites is 2. The molecule has 0 fully saturated rings. The standard InChI is InChI=1S/C79H82B2N4/c1-74(2,3)49-31-37-55(38-32-49)82-63-30-24-23-29-60(63)80-61-47-62-65(48-64(61)83(56-39-33-50(34-40-56)75(4,5)6)67-44-52(77(10,11)12)43-66(82)71(67)80)84(57-41-35-51(36-42-57)76(7,8)9)68-45-53(78(13,14)15)46-69-72(68)81(62)70-58-27-21-22-28-59(58)79(16,17)73(70)85(69)54-25-19-18-20-26-54/h18-48H,1-17H3. The van der Waals surface area contributed by atoms with Gasteiger partial charge in [-0.05, 0) is 184 Å². The van der Waals surface area contributed by atoms with Crippen molar-refractivity contribution in [2.24, 2.45) is 0 Å². The van der Waals surface area contributed by atoms with Gasteiger partial charge in [0.25, 0.3) is 13.4 Å². The van der Waals surface area contributed by atoms with E-state index in [-0.39, 0.29) is 45.9 Å². The number of anilines is 11. The lowest BCUT2D eigenvalue weighted by atomic mass is 9.29. The third-order valence-electron chi connectivity index (χ3n) is 19.6. The van der Waals surface area contributed by atoms with E-state index >= 15 is 0 Å². The molecule has 4 nitrogen and oxygen atoms in total. The maximum atomic E-state index is 2.71. The molecule has 0 aromatic heterocycles. The van der Waals surface area contributed by atoms with E-state index in [1.54, 1.807) is 0 Å². The van der Waals surface area contributed by atoms with E-state index in [9.17, 15) is 0 Å². The summed E-state index contributed by atoms with van der Waals surface area (Å²) < 4.78 is 0. The average molecular weight is 1110 g/mol. The van der Waals surface area contributed by atoms with Crippen molar-refractivity contribution in [1.82, 2.24) is 0 Å². The van der Waals surface area contributed by atoms with Crippen LogP contribution in [0.5, 0.6) is 0 Å². The van der Waals surface area contributed by atoms with Crippen molar-refractivity contribution < 1.29 is 0 Å². The highest BCUT2D eigenvalue weighted by molar-refractivity contribution is 7.05. The molecule has 0 bridgehead atoms. The second-order valence-electron chi connectivity index (χ2n) is 30.8. The summed E-state index contributed by atoms with van der Waals surface area (Å²) in [5, 5.41) is 0. The van der Waals surface area contributed by atoms with E-state index in [0.717, 1.165) is 11.4 Å². The van der Waals surface area contributed by atoms with Gasteiger partial charge in [-0.1, -0.05) is 221 Å². The van der Waals surface area contributed by atoms with Gasteiger partial charge in [0.1, 0.15) is 0 Å². The number of benzene rings is 9. The summed E-state index contributed by atoms with van der Waals surface area (Å²) in [5.41, 5.74) is 31.4. The third-order valence-corrected chi connectivity index (χ3v) is 19.6. The van der Waals surface area contributed by atoms with Gasteiger partial charge in [-0.25, -0.2) is 0 Å². The molecule has 85 heavy (non-hydrogen) atoms. The van der Waals surface area contributed by atoms with Crippen LogP contribution in [0.1, 0.15) is 157 Å². The Kier molecular flexibility index (Phi) is 12.0. The lowest BCUT2D eigenvalue weighted by Gasteiger charge is -2.48. The molecule has 14 rings (SSSR count). The van der Waals surface area contributed by atoms with Gasteiger partial charge in [-0.2, -0.15) is 0 Å². The van der Waals surface area contributed by atoms with E-state index in [1.165, 1.54) is 129 Å². The number of hydrogen-bond donors (Lipinski definition) is 0. The van der Waals surface area contributed by atoms with Gasteiger partial charge in [-0.15, -0.1) is 0 Å². The van der Waals surface area contributed by atoms with Crippen LogP contribution in [-0.4, -0.2) is 13.4 Å². The summed E-state index contributed by atoms with van der Waals surface area (Å²) in [5.74, 6) is 0. The van der Waals surface area contributed by atoms with Gasteiger partial charge in [-0.3, -0.25) is 0 Å². The first-order valence-electron chi connectivity index (χ1n) is 31.2. The second-order valence-corrected chi connectivity index (χ2v) is 30.8.